The molecule has 0 aromatic heterocycles. The first-order valence-electron chi connectivity index (χ1n) is 9.77. The maximum atomic E-state index is 14.8. The van der Waals surface area contributed by atoms with Crippen molar-refractivity contribution in [1.29, 1.82) is 0 Å². The van der Waals surface area contributed by atoms with Crippen molar-refractivity contribution in [2.45, 2.75) is 32.6 Å². The fraction of sp³-hybridized carbons (Fsp3) is 0.200. The van der Waals surface area contributed by atoms with Gasteiger partial charge in [0.15, 0.2) is 17.5 Å². The van der Waals surface area contributed by atoms with Crippen LogP contribution in [0.1, 0.15) is 31.7 Å². The lowest BCUT2D eigenvalue weighted by atomic mass is 9.95. The van der Waals surface area contributed by atoms with Crippen molar-refractivity contribution in [3.63, 3.8) is 0 Å². The van der Waals surface area contributed by atoms with Gasteiger partial charge in [0.2, 0.25) is 0 Å². The minimum absolute atomic E-state index is 0.0332. The largest absolute Gasteiger partial charge is 0.206 e. The number of hydrogen-bond acceptors (Lipinski definition) is 0. The highest BCUT2D eigenvalue weighted by Gasteiger charge is 2.15. The minimum Gasteiger partial charge on any atom is -0.206 e. The van der Waals surface area contributed by atoms with Crippen LogP contribution in [0.4, 0.5) is 17.6 Å². The normalized spacial score (nSPS) is 11.5. The van der Waals surface area contributed by atoms with Gasteiger partial charge in [-0.2, -0.15) is 0 Å². The predicted octanol–water partition coefficient (Wildman–Crippen LogP) is 7.95. The van der Waals surface area contributed by atoms with Crippen molar-refractivity contribution < 1.29 is 17.6 Å². The molecule has 0 spiro atoms. The minimum atomic E-state index is -1.56. The van der Waals surface area contributed by atoms with Gasteiger partial charge >= 0.3 is 0 Å². The quantitative estimate of drug-likeness (QED) is 0.139. The third-order valence-corrected chi connectivity index (χ3v) is 5.35. The lowest BCUT2D eigenvalue weighted by Gasteiger charge is -2.11. The van der Waals surface area contributed by atoms with Crippen LogP contribution < -0.4 is 0 Å². The van der Waals surface area contributed by atoms with Gasteiger partial charge in [0, 0.05) is 5.56 Å². The van der Waals surface area contributed by atoms with Crippen LogP contribution in [0.2, 0.25) is 0 Å². The van der Waals surface area contributed by atoms with E-state index in [0.717, 1.165) is 46.5 Å². The summed E-state index contributed by atoms with van der Waals surface area (Å²) in [5, 5.41) is 3.42. The van der Waals surface area contributed by atoms with Crippen molar-refractivity contribution in [1.82, 2.24) is 0 Å². The third-order valence-electron chi connectivity index (χ3n) is 5.35. The summed E-state index contributed by atoms with van der Waals surface area (Å²) in [5.41, 5.74) is 1.25. The highest BCUT2D eigenvalue weighted by Crippen LogP contribution is 2.33. The summed E-state index contributed by atoms with van der Waals surface area (Å²) in [6.07, 6.45) is 4.51. The zero-order valence-corrected chi connectivity index (χ0v) is 16.0. The molecule has 0 radical (unpaired) electrons. The lowest BCUT2D eigenvalue weighted by Crippen LogP contribution is -1.94. The van der Waals surface area contributed by atoms with Gasteiger partial charge in [0.1, 0.15) is 5.82 Å². The zero-order valence-electron chi connectivity index (χ0n) is 16.0. The van der Waals surface area contributed by atoms with Gasteiger partial charge in [-0.3, -0.25) is 0 Å². The molecule has 0 aliphatic rings. The van der Waals surface area contributed by atoms with Crippen LogP contribution in [0.5, 0.6) is 0 Å². The van der Waals surface area contributed by atoms with Crippen LogP contribution >= 0.6 is 0 Å². The molecule has 0 atom stereocenters. The number of hydrogen-bond donors (Lipinski definition) is 0. The highest BCUT2D eigenvalue weighted by atomic mass is 19.2. The van der Waals surface area contributed by atoms with Gasteiger partial charge < -0.3 is 0 Å². The molecule has 4 rings (SSSR count). The molecule has 0 aliphatic heterocycles. The lowest BCUT2D eigenvalue weighted by molar-refractivity contribution is 0.447. The van der Waals surface area contributed by atoms with E-state index in [2.05, 4.69) is 19.1 Å². The average Bonchev–Trinajstić information content (AvgIpc) is 2.71. The van der Waals surface area contributed by atoms with Crippen molar-refractivity contribution in [2.75, 3.05) is 0 Å². The Bertz CT molecular complexity index is 1190. The van der Waals surface area contributed by atoms with E-state index < -0.39 is 23.3 Å². The molecule has 0 nitrogen and oxygen atoms in total. The van der Waals surface area contributed by atoms with Crippen LogP contribution in [0, 0.1) is 23.3 Å². The molecule has 0 aliphatic carbocycles. The van der Waals surface area contributed by atoms with E-state index in [4.69, 9.17) is 0 Å². The molecule has 0 saturated carbocycles. The molecule has 4 aromatic carbocycles. The summed E-state index contributed by atoms with van der Waals surface area (Å²) in [7, 11) is 0. The second kappa shape index (κ2) is 7.86. The Balaban J connectivity index is 1.80. The maximum Gasteiger partial charge on any atom is 0.194 e. The van der Waals surface area contributed by atoms with E-state index >= 15 is 0 Å². The van der Waals surface area contributed by atoms with Crippen LogP contribution in [-0.2, 0) is 6.42 Å². The fourth-order valence-electron chi connectivity index (χ4n) is 3.80. The van der Waals surface area contributed by atoms with Crippen molar-refractivity contribution in [2.24, 2.45) is 0 Å². The smallest absolute Gasteiger partial charge is 0.194 e. The molecule has 29 heavy (non-hydrogen) atoms. The zero-order chi connectivity index (χ0) is 20.5. The van der Waals surface area contributed by atoms with Crippen LogP contribution in [0.3, 0.4) is 0 Å². The molecule has 0 heterocycles. The number of unbranched alkanes of at least 4 members (excludes halogenated alkanes) is 2. The molecular weight excluding hydrogens is 376 g/mol. The molecule has 0 saturated heterocycles. The Hall–Kier alpha value is -2.88. The van der Waals surface area contributed by atoms with Gasteiger partial charge in [0.25, 0.3) is 0 Å². The molecule has 0 unspecified atom stereocenters. The van der Waals surface area contributed by atoms with Crippen LogP contribution in [0.15, 0.2) is 54.6 Å². The summed E-state index contributed by atoms with van der Waals surface area (Å²) in [5.74, 6) is -4.85. The number of halogens is 4. The summed E-state index contributed by atoms with van der Waals surface area (Å²) in [6.45, 7) is 2.17. The molecule has 0 bridgehead atoms. The number of aryl methyl sites for hydroxylation is 1. The molecule has 4 aromatic rings. The molecule has 4 heteroatoms. The summed E-state index contributed by atoms with van der Waals surface area (Å²) in [4.78, 5) is 0. The maximum absolute atomic E-state index is 14.8. The second-order valence-corrected chi connectivity index (χ2v) is 7.39. The average molecular weight is 396 g/mol. The summed E-state index contributed by atoms with van der Waals surface area (Å²) >= 11 is 0. The van der Waals surface area contributed by atoms with Gasteiger partial charge in [0.05, 0.1) is 0 Å². The van der Waals surface area contributed by atoms with E-state index in [9.17, 15) is 17.6 Å². The standard InChI is InChI=1S/C25H20F4/c1-2-3-4-5-15-6-9-19-16(10-15)7-8-17-11-21(22(26)14-20(17)19)18-12-23(27)25(29)24(28)13-18/h6-14H,2-5H2,1H3. The first-order chi connectivity index (χ1) is 14.0. The molecule has 148 valence electrons. The molecule has 0 amide bonds. The second-order valence-electron chi connectivity index (χ2n) is 7.39. The van der Waals surface area contributed by atoms with E-state index in [-0.39, 0.29) is 11.1 Å². The number of benzene rings is 4. The number of rotatable bonds is 5. The predicted molar refractivity (Wildman–Crippen MR) is 110 cm³/mol. The van der Waals surface area contributed by atoms with Crippen LogP contribution in [0.25, 0.3) is 32.7 Å². The monoisotopic (exact) mass is 396 g/mol. The molecule has 0 N–H and O–H groups in total. The first-order valence-corrected chi connectivity index (χ1v) is 9.77. The fourth-order valence-corrected chi connectivity index (χ4v) is 3.80. The van der Waals surface area contributed by atoms with Gasteiger partial charge in [-0.05, 0) is 69.8 Å². The van der Waals surface area contributed by atoms with Crippen molar-refractivity contribution >= 4 is 21.5 Å². The Morgan fingerprint density at radius 1 is 0.655 bits per heavy atom. The van der Waals surface area contributed by atoms with Crippen molar-refractivity contribution in [3.8, 4) is 11.1 Å². The topological polar surface area (TPSA) is 0 Å². The Kier molecular flexibility index (Phi) is 5.27. The third kappa shape index (κ3) is 3.71. The number of fused-ring (bicyclic) bond motifs is 3. The molecule has 0 fully saturated rings. The first kappa shape index (κ1) is 19.4. The highest BCUT2D eigenvalue weighted by molar-refractivity contribution is 6.08. The van der Waals surface area contributed by atoms with Gasteiger partial charge in [-0.15, -0.1) is 0 Å². The van der Waals surface area contributed by atoms with Crippen LogP contribution in [-0.4, -0.2) is 0 Å². The van der Waals surface area contributed by atoms with E-state index in [1.807, 2.05) is 18.2 Å². The van der Waals surface area contributed by atoms with E-state index in [0.29, 0.717) is 0 Å². The van der Waals surface area contributed by atoms with E-state index in [1.165, 1.54) is 24.5 Å². The molecular formula is C25H20F4. The summed E-state index contributed by atoms with van der Waals surface area (Å²) in [6, 6.07) is 14.6. The Morgan fingerprint density at radius 2 is 1.34 bits per heavy atom. The van der Waals surface area contributed by atoms with E-state index in [1.54, 1.807) is 6.07 Å². The Labute approximate surface area is 166 Å². The Morgan fingerprint density at radius 3 is 2.03 bits per heavy atom. The summed E-state index contributed by atoms with van der Waals surface area (Å²) < 4.78 is 55.3. The van der Waals surface area contributed by atoms with Gasteiger partial charge in [-0.25, -0.2) is 17.6 Å². The van der Waals surface area contributed by atoms with Crippen molar-refractivity contribution in [3.05, 3.63) is 83.4 Å². The SMILES string of the molecule is CCCCCc1ccc2c(ccc3cc(-c4cc(F)c(F)c(F)c4)c(F)cc32)c1. The van der Waals surface area contributed by atoms with Gasteiger partial charge in [-0.1, -0.05) is 50.1 Å².